The third-order valence-corrected chi connectivity index (χ3v) is 4.97. The molecule has 0 bridgehead atoms. The Balaban J connectivity index is 2.29. The van der Waals surface area contributed by atoms with E-state index in [0.717, 1.165) is 5.56 Å². The predicted octanol–water partition coefficient (Wildman–Crippen LogP) is 4.20. The van der Waals surface area contributed by atoms with Gasteiger partial charge in [0.05, 0.1) is 16.6 Å². The van der Waals surface area contributed by atoms with E-state index in [2.05, 4.69) is 9.97 Å². The fraction of sp³-hybridized carbons (Fsp3) is 0.0909. The molecule has 0 spiro atoms. The molecular formula is C22H18N4O2S. The first kappa shape index (κ1) is 18.8. The van der Waals surface area contributed by atoms with Crippen molar-refractivity contribution in [3.8, 4) is 16.8 Å². The number of anilines is 1. The molecule has 2 heterocycles. The van der Waals surface area contributed by atoms with Crippen LogP contribution in [0.25, 0.3) is 27.8 Å². The minimum absolute atomic E-state index is 0.0586. The van der Waals surface area contributed by atoms with Gasteiger partial charge in [-0.3, -0.25) is 14.2 Å². The van der Waals surface area contributed by atoms with Gasteiger partial charge in [-0.1, -0.05) is 48.0 Å². The molecule has 0 saturated carbocycles. The van der Waals surface area contributed by atoms with Gasteiger partial charge in [-0.15, -0.1) is 0 Å². The second-order valence-electron chi connectivity index (χ2n) is 6.80. The van der Waals surface area contributed by atoms with Gasteiger partial charge in [0.1, 0.15) is 5.82 Å². The number of aryl methyl sites for hydroxylation is 1. The average molecular weight is 402 g/mol. The third kappa shape index (κ3) is 3.15. The van der Waals surface area contributed by atoms with E-state index in [1.165, 1.54) is 11.5 Å². The number of nitrogens with zero attached hydrogens (tertiary/aromatic N) is 2. The average Bonchev–Trinajstić information content (AvgIpc) is 2.68. The van der Waals surface area contributed by atoms with E-state index in [-0.39, 0.29) is 21.9 Å². The van der Waals surface area contributed by atoms with Gasteiger partial charge in [0, 0.05) is 5.56 Å². The summed E-state index contributed by atoms with van der Waals surface area (Å²) >= 11 is 5.22. The molecule has 0 aliphatic heterocycles. The molecule has 4 rings (SSSR count). The lowest BCUT2D eigenvalue weighted by molar-refractivity contribution is 0.101. The van der Waals surface area contributed by atoms with Crippen molar-refractivity contribution in [3.05, 3.63) is 80.8 Å². The summed E-state index contributed by atoms with van der Waals surface area (Å²) in [5.41, 5.74) is 8.99. The molecule has 6 nitrogen and oxygen atoms in total. The van der Waals surface area contributed by atoms with Crippen LogP contribution in [-0.4, -0.2) is 20.3 Å². The molecule has 0 unspecified atom stereocenters. The van der Waals surface area contributed by atoms with Gasteiger partial charge in [-0.2, -0.15) is 0 Å². The maximum Gasteiger partial charge on any atom is 0.268 e. The van der Waals surface area contributed by atoms with Crippen molar-refractivity contribution in [2.24, 2.45) is 0 Å². The summed E-state index contributed by atoms with van der Waals surface area (Å²) in [5.74, 6) is -0.0966. The molecule has 4 aromatic rings. The van der Waals surface area contributed by atoms with Gasteiger partial charge in [0.15, 0.2) is 16.2 Å². The number of nitrogens with two attached hydrogens (primary N) is 1. The van der Waals surface area contributed by atoms with Crippen LogP contribution in [-0.2, 0) is 0 Å². The number of benzene rings is 2. The molecule has 0 fully saturated rings. The summed E-state index contributed by atoms with van der Waals surface area (Å²) in [7, 11) is 0. The van der Waals surface area contributed by atoms with E-state index in [1.807, 2.05) is 49.4 Å². The largest absolute Gasteiger partial charge is 0.385 e. The van der Waals surface area contributed by atoms with Crippen LogP contribution in [0.5, 0.6) is 0 Å². The van der Waals surface area contributed by atoms with Crippen molar-refractivity contribution < 1.29 is 4.79 Å². The van der Waals surface area contributed by atoms with Gasteiger partial charge in [0.25, 0.3) is 5.56 Å². The van der Waals surface area contributed by atoms with Crippen LogP contribution >= 0.6 is 12.2 Å². The Morgan fingerprint density at radius 2 is 1.76 bits per heavy atom. The Bertz CT molecular complexity index is 1370. The smallest absolute Gasteiger partial charge is 0.268 e. The number of nitrogens with one attached hydrogen (secondary N) is 1. The van der Waals surface area contributed by atoms with Crippen LogP contribution in [0.4, 0.5) is 5.82 Å². The molecule has 0 atom stereocenters. The Morgan fingerprint density at radius 3 is 2.38 bits per heavy atom. The van der Waals surface area contributed by atoms with Crippen molar-refractivity contribution in [2.45, 2.75) is 13.8 Å². The SMILES string of the molecule is CC(=O)c1c(-c2ccccc2)c2c(N)[nH]c(=S)nc2n(-c2ccc(C)cc2)c1=O. The standard InChI is InChI=1S/C22H18N4O2S/c1-12-8-10-15(11-9-12)26-20-18(19(23)24-22(29)25-20)17(14-6-4-3-5-7-14)16(13(2)27)21(26)28/h3-11H,1-2H3,(H3,23,24,25,29). The van der Waals surface area contributed by atoms with Crippen molar-refractivity contribution in [3.63, 3.8) is 0 Å². The third-order valence-electron chi connectivity index (χ3n) is 4.78. The van der Waals surface area contributed by atoms with Crippen LogP contribution in [0.2, 0.25) is 0 Å². The van der Waals surface area contributed by atoms with Gasteiger partial charge in [0.2, 0.25) is 0 Å². The van der Waals surface area contributed by atoms with Gasteiger partial charge in [-0.05, 0) is 43.8 Å². The maximum atomic E-state index is 13.5. The summed E-state index contributed by atoms with van der Waals surface area (Å²) in [5, 5.41) is 0.482. The summed E-state index contributed by atoms with van der Waals surface area (Å²) in [6, 6.07) is 16.6. The zero-order chi connectivity index (χ0) is 20.7. The normalized spacial score (nSPS) is 11.0. The number of aromatic nitrogens is 3. The van der Waals surface area contributed by atoms with E-state index < -0.39 is 5.56 Å². The molecule has 2 aromatic carbocycles. The number of aromatic amines is 1. The molecule has 0 saturated heterocycles. The van der Waals surface area contributed by atoms with Gasteiger partial charge < -0.3 is 10.7 Å². The maximum absolute atomic E-state index is 13.5. The Hall–Kier alpha value is -3.58. The molecule has 3 N–H and O–H groups in total. The lowest BCUT2D eigenvalue weighted by atomic mass is 9.95. The Labute approximate surface area is 171 Å². The van der Waals surface area contributed by atoms with E-state index >= 15 is 0 Å². The zero-order valence-corrected chi connectivity index (χ0v) is 16.7. The first-order chi connectivity index (χ1) is 13.9. The number of ketones is 1. The number of carbonyl (C=O) groups is 1. The number of H-pyrrole nitrogens is 1. The number of hydrogen-bond donors (Lipinski definition) is 2. The molecule has 7 heteroatoms. The molecular weight excluding hydrogens is 384 g/mol. The molecule has 0 aliphatic carbocycles. The number of pyridine rings is 1. The lowest BCUT2D eigenvalue weighted by Gasteiger charge is -2.17. The predicted molar refractivity (Wildman–Crippen MR) is 117 cm³/mol. The van der Waals surface area contributed by atoms with Crippen LogP contribution < -0.4 is 11.3 Å². The minimum atomic E-state index is -0.458. The van der Waals surface area contributed by atoms with Crippen molar-refractivity contribution in [1.82, 2.24) is 14.5 Å². The molecule has 0 radical (unpaired) electrons. The quantitative estimate of drug-likeness (QED) is 0.396. The summed E-state index contributed by atoms with van der Waals surface area (Å²) in [6.07, 6.45) is 0. The van der Waals surface area contributed by atoms with Gasteiger partial charge >= 0.3 is 0 Å². The van der Waals surface area contributed by atoms with E-state index in [0.29, 0.717) is 27.8 Å². The number of Topliss-reactive ketones (excluding diaryl/α,β-unsaturated/α-hetero) is 1. The second-order valence-corrected chi connectivity index (χ2v) is 7.19. The summed E-state index contributed by atoms with van der Waals surface area (Å²) < 4.78 is 1.56. The van der Waals surface area contributed by atoms with E-state index in [1.54, 1.807) is 12.1 Å². The number of rotatable bonds is 3. The van der Waals surface area contributed by atoms with Crippen LogP contribution in [0.3, 0.4) is 0 Å². The highest BCUT2D eigenvalue weighted by Crippen LogP contribution is 2.33. The number of hydrogen-bond acceptors (Lipinski definition) is 5. The van der Waals surface area contributed by atoms with Crippen molar-refractivity contribution in [2.75, 3.05) is 5.73 Å². The van der Waals surface area contributed by atoms with E-state index in [4.69, 9.17) is 18.0 Å². The van der Waals surface area contributed by atoms with Crippen LogP contribution in [0, 0.1) is 11.7 Å². The van der Waals surface area contributed by atoms with Crippen LogP contribution in [0.15, 0.2) is 59.4 Å². The first-order valence-corrected chi connectivity index (χ1v) is 9.41. The Morgan fingerprint density at radius 1 is 1.10 bits per heavy atom. The van der Waals surface area contributed by atoms with Gasteiger partial charge in [-0.25, -0.2) is 4.98 Å². The minimum Gasteiger partial charge on any atom is -0.385 e. The Kier molecular flexibility index (Phi) is 4.60. The highest BCUT2D eigenvalue weighted by atomic mass is 32.1. The monoisotopic (exact) mass is 402 g/mol. The fourth-order valence-corrected chi connectivity index (χ4v) is 3.68. The molecule has 2 aromatic heterocycles. The van der Waals surface area contributed by atoms with Crippen molar-refractivity contribution in [1.29, 1.82) is 0 Å². The highest BCUT2D eigenvalue weighted by Gasteiger charge is 2.24. The second kappa shape index (κ2) is 7.10. The topological polar surface area (TPSA) is 93.8 Å². The lowest BCUT2D eigenvalue weighted by Crippen LogP contribution is -2.27. The van der Waals surface area contributed by atoms with E-state index in [9.17, 15) is 9.59 Å². The molecule has 144 valence electrons. The molecule has 0 aliphatic rings. The van der Waals surface area contributed by atoms with Crippen molar-refractivity contribution >= 4 is 34.9 Å². The number of nitrogen functional groups attached to an aromatic ring is 1. The summed E-state index contributed by atoms with van der Waals surface area (Å²) in [4.78, 5) is 33.4. The highest BCUT2D eigenvalue weighted by molar-refractivity contribution is 7.71. The summed E-state index contributed by atoms with van der Waals surface area (Å²) in [6.45, 7) is 3.33. The molecule has 29 heavy (non-hydrogen) atoms. The molecule has 0 amide bonds. The number of fused-ring (bicyclic) bond motifs is 1. The number of carbonyl (C=O) groups excluding carboxylic acids is 1. The fourth-order valence-electron chi connectivity index (χ4n) is 3.48. The van der Waals surface area contributed by atoms with Crippen LogP contribution in [0.1, 0.15) is 22.8 Å². The first-order valence-electron chi connectivity index (χ1n) is 9.00. The zero-order valence-electron chi connectivity index (χ0n) is 15.9.